The van der Waals surface area contributed by atoms with Crippen molar-refractivity contribution in [2.75, 3.05) is 0 Å². The third kappa shape index (κ3) is 3.11. The smallest absolute Gasteiger partial charge is 0.146 e. The normalized spacial score (nSPS) is 34.9. The van der Waals surface area contributed by atoms with Gasteiger partial charge in [0, 0.05) is 0 Å². The summed E-state index contributed by atoms with van der Waals surface area (Å²) >= 11 is 0. The van der Waals surface area contributed by atoms with E-state index in [0.29, 0.717) is 35.0 Å². The monoisotopic (exact) mass is 302 g/mol. The molecule has 3 atom stereocenters. The molecule has 0 saturated heterocycles. The van der Waals surface area contributed by atoms with Crippen molar-refractivity contribution in [2.45, 2.75) is 65.7 Å². The molecule has 2 fully saturated rings. The van der Waals surface area contributed by atoms with Crippen LogP contribution in [-0.4, -0.2) is 12.6 Å². The van der Waals surface area contributed by atoms with E-state index in [1.807, 2.05) is 0 Å². The van der Waals surface area contributed by atoms with Gasteiger partial charge in [0.1, 0.15) is 12.6 Å². The number of carbonyl (C=O) groups is 2. The molecular formula is C20H30O2. The van der Waals surface area contributed by atoms with Crippen LogP contribution in [0.3, 0.4) is 0 Å². The van der Waals surface area contributed by atoms with E-state index >= 15 is 0 Å². The predicted octanol–water partition coefficient (Wildman–Crippen LogP) is 4.89. The van der Waals surface area contributed by atoms with Crippen molar-refractivity contribution in [1.82, 2.24) is 0 Å². The molecule has 122 valence electrons. The Morgan fingerprint density at radius 3 is 2.64 bits per heavy atom. The highest BCUT2D eigenvalue weighted by Gasteiger charge is 2.52. The molecule has 0 bridgehead atoms. The number of aldehydes is 2. The Morgan fingerprint density at radius 2 is 2.00 bits per heavy atom. The topological polar surface area (TPSA) is 34.1 Å². The third-order valence-electron chi connectivity index (χ3n) is 6.47. The Kier molecular flexibility index (Phi) is 5.09. The van der Waals surface area contributed by atoms with Crippen LogP contribution in [0.15, 0.2) is 23.8 Å². The molecule has 0 spiro atoms. The second-order valence-corrected chi connectivity index (χ2v) is 8.18. The summed E-state index contributed by atoms with van der Waals surface area (Å²) in [5.74, 6) is 1.21. The minimum absolute atomic E-state index is 0.298. The Morgan fingerprint density at radius 1 is 1.27 bits per heavy atom. The fourth-order valence-electron chi connectivity index (χ4n) is 5.39. The van der Waals surface area contributed by atoms with Gasteiger partial charge in [-0.15, -0.1) is 0 Å². The lowest BCUT2D eigenvalue weighted by atomic mass is 9.47. The van der Waals surface area contributed by atoms with Crippen molar-refractivity contribution in [3.05, 3.63) is 23.8 Å². The molecule has 0 amide bonds. The standard InChI is InChI=1S/C20H30O2/c1-15-6-9-18-19(2,3)11-5-12-20(18,4)17(15)8-7-16(14-22)10-13-21/h10,13-14,17-18H,1,5-9,11-12H2,2-4H3/b16-10-/t17-,18-,20+/m0/s1. The lowest BCUT2D eigenvalue weighted by molar-refractivity contribution is -0.106. The number of carbonyl (C=O) groups excluding carboxylic acids is 2. The predicted molar refractivity (Wildman–Crippen MR) is 90.5 cm³/mol. The molecule has 0 aromatic rings. The zero-order chi connectivity index (χ0) is 16.4. The minimum Gasteiger partial charge on any atom is -0.299 e. The van der Waals surface area contributed by atoms with Crippen molar-refractivity contribution < 1.29 is 9.59 Å². The molecule has 0 aromatic carbocycles. The third-order valence-corrected chi connectivity index (χ3v) is 6.47. The van der Waals surface area contributed by atoms with Gasteiger partial charge in [-0.25, -0.2) is 0 Å². The van der Waals surface area contributed by atoms with Gasteiger partial charge in [0.2, 0.25) is 0 Å². The summed E-state index contributed by atoms with van der Waals surface area (Å²) in [6.07, 6.45) is 10.8. The molecule has 0 aliphatic heterocycles. The van der Waals surface area contributed by atoms with Gasteiger partial charge < -0.3 is 0 Å². The molecule has 2 rings (SSSR count). The van der Waals surface area contributed by atoms with E-state index < -0.39 is 0 Å². The lowest BCUT2D eigenvalue weighted by Gasteiger charge is -2.58. The van der Waals surface area contributed by atoms with E-state index in [4.69, 9.17) is 0 Å². The first-order valence-corrected chi connectivity index (χ1v) is 8.62. The quantitative estimate of drug-likeness (QED) is 0.411. The molecule has 0 aromatic heterocycles. The first-order valence-electron chi connectivity index (χ1n) is 8.62. The molecule has 22 heavy (non-hydrogen) atoms. The average Bonchev–Trinajstić information content (AvgIpc) is 2.44. The number of allylic oxidation sites excluding steroid dienone is 3. The number of fused-ring (bicyclic) bond motifs is 1. The summed E-state index contributed by atoms with van der Waals surface area (Å²) in [6.45, 7) is 11.6. The molecule has 2 saturated carbocycles. The summed E-state index contributed by atoms with van der Waals surface area (Å²) in [6, 6.07) is 0. The number of hydrogen-bond acceptors (Lipinski definition) is 2. The van der Waals surface area contributed by atoms with Gasteiger partial charge in [0.15, 0.2) is 0 Å². The summed E-state index contributed by atoms with van der Waals surface area (Å²) in [5.41, 5.74) is 2.67. The summed E-state index contributed by atoms with van der Waals surface area (Å²) < 4.78 is 0. The molecule has 0 radical (unpaired) electrons. The van der Waals surface area contributed by atoms with Gasteiger partial charge >= 0.3 is 0 Å². The Labute approximate surface area is 135 Å². The highest BCUT2D eigenvalue weighted by atomic mass is 16.1. The van der Waals surface area contributed by atoms with Crippen molar-refractivity contribution in [1.29, 1.82) is 0 Å². The van der Waals surface area contributed by atoms with E-state index in [2.05, 4.69) is 27.4 Å². The van der Waals surface area contributed by atoms with Crippen molar-refractivity contribution in [3.8, 4) is 0 Å². The molecule has 0 heterocycles. The SMILES string of the molecule is C=C1CC[C@H]2C(C)(C)CCC[C@]2(C)[C@H]1CC/C(C=O)=C/C=O. The first kappa shape index (κ1) is 17.2. The molecule has 0 N–H and O–H groups in total. The largest absolute Gasteiger partial charge is 0.299 e. The fraction of sp³-hybridized carbons (Fsp3) is 0.700. The van der Waals surface area contributed by atoms with Crippen LogP contribution in [0.4, 0.5) is 0 Å². The van der Waals surface area contributed by atoms with Crippen LogP contribution in [0, 0.1) is 22.7 Å². The number of hydrogen-bond donors (Lipinski definition) is 0. The van der Waals surface area contributed by atoms with E-state index in [1.54, 1.807) is 0 Å². The molecule has 2 aliphatic carbocycles. The highest BCUT2D eigenvalue weighted by Crippen LogP contribution is 2.61. The maximum atomic E-state index is 11.1. The summed E-state index contributed by atoms with van der Waals surface area (Å²) in [7, 11) is 0. The Balaban J connectivity index is 2.20. The molecule has 2 nitrogen and oxygen atoms in total. The van der Waals surface area contributed by atoms with Crippen LogP contribution < -0.4 is 0 Å². The van der Waals surface area contributed by atoms with E-state index in [0.717, 1.165) is 25.0 Å². The van der Waals surface area contributed by atoms with Crippen LogP contribution in [0.5, 0.6) is 0 Å². The number of rotatable bonds is 5. The minimum atomic E-state index is 0.298. The first-order chi connectivity index (χ1) is 10.3. The van der Waals surface area contributed by atoms with Gasteiger partial charge in [-0.1, -0.05) is 39.3 Å². The maximum absolute atomic E-state index is 11.1. The Hall–Kier alpha value is -1.18. The van der Waals surface area contributed by atoms with E-state index in [1.165, 1.54) is 37.3 Å². The van der Waals surface area contributed by atoms with Gasteiger partial charge in [-0.2, -0.15) is 0 Å². The van der Waals surface area contributed by atoms with Gasteiger partial charge in [0.05, 0.1) is 0 Å². The maximum Gasteiger partial charge on any atom is 0.146 e. The van der Waals surface area contributed by atoms with Crippen LogP contribution in [0.25, 0.3) is 0 Å². The molecule has 0 unspecified atom stereocenters. The van der Waals surface area contributed by atoms with E-state index in [-0.39, 0.29) is 0 Å². The van der Waals surface area contributed by atoms with E-state index in [9.17, 15) is 9.59 Å². The van der Waals surface area contributed by atoms with Crippen molar-refractivity contribution >= 4 is 12.6 Å². The molecule has 2 heteroatoms. The molecular weight excluding hydrogens is 272 g/mol. The Bertz CT molecular complexity index is 486. The van der Waals surface area contributed by atoms with Crippen molar-refractivity contribution in [3.63, 3.8) is 0 Å². The zero-order valence-corrected chi connectivity index (χ0v) is 14.4. The van der Waals surface area contributed by atoms with Gasteiger partial charge in [-0.3, -0.25) is 9.59 Å². The van der Waals surface area contributed by atoms with Crippen LogP contribution in [0.2, 0.25) is 0 Å². The highest BCUT2D eigenvalue weighted by molar-refractivity contribution is 5.81. The van der Waals surface area contributed by atoms with Crippen LogP contribution in [0.1, 0.15) is 65.7 Å². The molecule has 2 aliphatic rings. The zero-order valence-electron chi connectivity index (χ0n) is 14.4. The second-order valence-electron chi connectivity index (χ2n) is 8.18. The van der Waals surface area contributed by atoms with Crippen LogP contribution in [-0.2, 0) is 9.59 Å². The average molecular weight is 302 g/mol. The fourth-order valence-corrected chi connectivity index (χ4v) is 5.39. The summed E-state index contributed by atoms with van der Waals surface area (Å²) in [5, 5.41) is 0. The lowest BCUT2D eigenvalue weighted by Crippen LogP contribution is -2.49. The second kappa shape index (κ2) is 6.52. The van der Waals surface area contributed by atoms with Gasteiger partial charge in [0.25, 0.3) is 0 Å². The van der Waals surface area contributed by atoms with Gasteiger partial charge in [-0.05, 0) is 72.8 Å². The van der Waals surface area contributed by atoms with Crippen LogP contribution >= 0.6 is 0 Å². The van der Waals surface area contributed by atoms with Crippen molar-refractivity contribution in [2.24, 2.45) is 22.7 Å². The summed E-state index contributed by atoms with van der Waals surface area (Å²) in [4.78, 5) is 21.7.